The van der Waals surface area contributed by atoms with Crippen LogP contribution in [0.3, 0.4) is 0 Å². The van der Waals surface area contributed by atoms with Gasteiger partial charge in [-0.2, -0.15) is 5.11 Å². The minimum absolute atomic E-state index is 0.218. The van der Waals surface area contributed by atoms with Gasteiger partial charge < -0.3 is 10.1 Å². The number of hydrogen-bond donors (Lipinski definition) is 1. The number of nitrogens with one attached hydrogen (secondary N) is 1. The highest BCUT2D eigenvalue weighted by Gasteiger charge is 2.55. The molecular formula is C20H18ClN5O4S. The zero-order valence-corrected chi connectivity index (χ0v) is 18.2. The fraction of sp³-hybridized carbons (Fsp3) is 0.250. The van der Waals surface area contributed by atoms with Crippen LogP contribution in [0.15, 0.2) is 57.7 Å². The van der Waals surface area contributed by atoms with E-state index in [1.54, 1.807) is 30.0 Å². The van der Waals surface area contributed by atoms with Crippen molar-refractivity contribution in [1.29, 1.82) is 0 Å². The first-order valence-electron chi connectivity index (χ1n) is 9.25. The lowest BCUT2D eigenvalue weighted by Crippen LogP contribution is -2.43. The van der Waals surface area contributed by atoms with Gasteiger partial charge in [-0.25, -0.2) is 4.90 Å². The molecule has 0 aromatic heterocycles. The Morgan fingerprint density at radius 3 is 2.74 bits per heavy atom. The van der Waals surface area contributed by atoms with Crippen molar-refractivity contribution in [2.75, 3.05) is 30.1 Å². The molecule has 0 spiro atoms. The molecule has 11 heteroatoms. The molecule has 0 bridgehead atoms. The minimum Gasteiger partial charge on any atom is -0.495 e. The number of thioether (sulfide) groups is 1. The van der Waals surface area contributed by atoms with Crippen LogP contribution >= 0.6 is 23.4 Å². The average Bonchev–Trinajstić information content (AvgIpc) is 3.27. The summed E-state index contributed by atoms with van der Waals surface area (Å²) in [4.78, 5) is 40.4. The standard InChI is InChI=1S/C20H18ClN5O4S/c1-30-15-7-6-12(9-14(15)21)26-19(28)17-18(20(26)29)25(24-23-17)10-16(27)22-11-4-3-5-13(8-11)31-2/h3-9,17-18H,10H2,1-2H3,(H,22,27)/t17-,18+/m1/s1. The number of carbonyl (C=O) groups is 3. The molecule has 4 rings (SSSR count). The largest absolute Gasteiger partial charge is 0.495 e. The van der Waals surface area contributed by atoms with Crippen LogP contribution in [0.2, 0.25) is 5.02 Å². The van der Waals surface area contributed by atoms with Gasteiger partial charge in [0.05, 0.1) is 17.8 Å². The van der Waals surface area contributed by atoms with E-state index in [1.807, 2.05) is 24.5 Å². The molecule has 2 aliphatic rings. The number of halogens is 1. The fourth-order valence-electron chi connectivity index (χ4n) is 3.45. The van der Waals surface area contributed by atoms with Gasteiger partial charge in [0, 0.05) is 10.6 Å². The van der Waals surface area contributed by atoms with Crippen LogP contribution < -0.4 is 15.0 Å². The van der Waals surface area contributed by atoms with Gasteiger partial charge in [0.1, 0.15) is 12.3 Å². The van der Waals surface area contributed by atoms with E-state index in [0.29, 0.717) is 17.1 Å². The maximum Gasteiger partial charge on any atom is 0.263 e. The SMILES string of the molecule is COc1ccc(N2C(=O)[C@@H]3[C@@H](N=NN3CC(=O)Nc3cccc(SC)c3)C2=O)cc1Cl. The third kappa shape index (κ3) is 3.96. The number of rotatable bonds is 6. The molecule has 1 fully saturated rings. The summed E-state index contributed by atoms with van der Waals surface area (Å²) >= 11 is 7.70. The molecule has 2 atom stereocenters. The Morgan fingerprint density at radius 2 is 2.03 bits per heavy atom. The maximum absolute atomic E-state index is 13.0. The monoisotopic (exact) mass is 459 g/mol. The fourth-order valence-corrected chi connectivity index (χ4v) is 4.16. The summed E-state index contributed by atoms with van der Waals surface area (Å²) in [7, 11) is 1.47. The Labute approximate surface area is 187 Å². The number of hydrogen-bond acceptors (Lipinski definition) is 8. The van der Waals surface area contributed by atoms with Crippen LogP contribution in [-0.2, 0) is 14.4 Å². The molecule has 9 nitrogen and oxygen atoms in total. The number of fused-ring (bicyclic) bond motifs is 1. The Kier molecular flexibility index (Phi) is 5.84. The summed E-state index contributed by atoms with van der Waals surface area (Å²) in [5.41, 5.74) is 0.941. The van der Waals surface area contributed by atoms with Gasteiger partial charge in [-0.15, -0.1) is 11.8 Å². The average molecular weight is 460 g/mol. The number of imide groups is 1. The zero-order chi connectivity index (χ0) is 22.1. The first-order chi connectivity index (χ1) is 14.9. The van der Waals surface area contributed by atoms with Gasteiger partial charge in [0.15, 0.2) is 12.1 Å². The molecule has 2 aliphatic heterocycles. The van der Waals surface area contributed by atoms with Crippen LogP contribution in [-0.4, -0.2) is 54.7 Å². The number of benzene rings is 2. The lowest BCUT2D eigenvalue weighted by molar-refractivity contribution is -0.123. The van der Waals surface area contributed by atoms with Gasteiger partial charge in [0.2, 0.25) is 5.91 Å². The summed E-state index contributed by atoms with van der Waals surface area (Å²) in [5, 5.41) is 12.1. The molecule has 3 amide bonds. The van der Waals surface area contributed by atoms with Crippen molar-refractivity contribution < 1.29 is 19.1 Å². The highest BCUT2D eigenvalue weighted by Crippen LogP contribution is 2.35. The van der Waals surface area contributed by atoms with Crippen molar-refractivity contribution in [3.63, 3.8) is 0 Å². The van der Waals surface area contributed by atoms with Crippen molar-refractivity contribution in [3.05, 3.63) is 47.5 Å². The number of carbonyl (C=O) groups excluding carboxylic acids is 3. The second-order valence-electron chi connectivity index (χ2n) is 6.80. The molecule has 0 radical (unpaired) electrons. The second-order valence-corrected chi connectivity index (χ2v) is 8.09. The van der Waals surface area contributed by atoms with E-state index >= 15 is 0 Å². The van der Waals surface area contributed by atoms with E-state index in [2.05, 4.69) is 15.7 Å². The number of amides is 3. The predicted molar refractivity (Wildman–Crippen MR) is 116 cm³/mol. The predicted octanol–water partition coefficient (Wildman–Crippen LogP) is 3.00. The lowest BCUT2D eigenvalue weighted by Gasteiger charge is -2.20. The van der Waals surface area contributed by atoms with Crippen molar-refractivity contribution in [1.82, 2.24) is 5.01 Å². The van der Waals surface area contributed by atoms with Gasteiger partial charge in [0.25, 0.3) is 11.8 Å². The summed E-state index contributed by atoms with van der Waals surface area (Å²) < 4.78 is 5.11. The molecule has 0 unspecified atom stereocenters. The first-order valence-corrected chi connectivity index (χ1v) is 10.9. The van der Waals surface area contributed by atoms with Crippen molar-refractivity contribution >= 4 is 52.5 Å². The van der Waals surface area contributed by atoms with E-state index in [-0.39, 0.29) is 17.5 Å². The Balaban J connectivity index is 1.49. The molecule has 0 aliphatic carbocycles. The molecule has 1 saturated heterocycles. The molecule has 2 aromatic rings. The molecule has 0 saturated carbocycles. The molecular weight excluding hydrogens is 442 g/mol. The zero-order valence-electron chi connectivity index (χ0n) is 16.6. The van der Waals surface area contributed by atoms with Crippen LogP contribution in [0.1, 0.15) is 0 Å². The van der Waals surface area contributed by atoms with E-state index in [4.69, 9.17) is 16.3 Å². The van der Waals surface area contributed by atoms with E-state index in [9.17, 15) is 14.4 Å². The first kappa shape index (κ1) is 21.1. The lowest BCUT2D eigenvalue weighted by atomic mass is 10.1. The molecule has 2 aromatic carbocycles. The Morgan fingerprint density at radius 1 is 1.23 bits per heavy atom. The quantitative estimate of drug-likeness (QED) is 0.526. The molecule has 2 heterocycles. The summed E-state index contributed by atoms with van der Waals surface area (Å²) in [6, 6.07) is 10.0. The van der Waals surface area contributed by atoms with Crippen molar-refractivity contribution in [2.45, 2.75) is 17.0 Å². The summed E-state index contributed by atoms with van der Waals surface area (Å²) in [6.45, 7) is -0.218. The second kappa shape index (κ2) is 8.56. The molecule has 160 valence electrons. The number of methoxy groups -OCH3 is 1. The molecule has 31 heavy (non-hydrogen) atoms. The van der Waals surface area contributed by atoms with Crippen LogP contribution in [0, 0.1) is 0 Å². The number of nitrogens with zero attached hydrogens (tertiary/aromatic N) is 4. The maximum atomic E-state index is 13.0. The third-order valence-corrected chi connectivity index (χ3v) is 5.93. The van der Waals surface area contributed by atoms with E-state index < -0.39 is 23.9 Å². The Hall–Kier alpha value is -3.11. The molecule has 1 N–H and O–H groups in total. The minimum atomic E-state index is -0.999. The van der Waals surface area contributed by atoms with Gasteiger partial charge in [-0.3, -0.25) is 19.4 Å². The van der Waals surface area contributed by atoms with Crippen molar-refractivity contribution in [2.24, 2.45) is 10.3 Å². The number of ether oxygens (including phenoxy) is 1. The van der Waals surface area contributed by atoms with E-state index in [0.717, 1.165) is 9.80 Å². The third-order valence-electron chi connectivity index (χ3n) is 4.91. The Bertz CT molecular complexity index is 1090. The van der Waals surface area contributed by atoms with E-state index in [1.165, 1.54) is 18.2 Å². The highest BCUT2D eigenvalue weighted by atomic mass is 35.5. The summed E-state index contributed by atoms with van der Waals surface area (Å²) in [5.74, 6) is -0.980. The van der Waals surface area contributed by atoms with Crippen molar-refractivity contribution in [3.8, 4) is 5.75 Å². The van der Waals surface area contributed by atoms with Gasteiger partial charge in [-0.05, 0) is 42.7 Å². The number of anilines is 2. The highest BCUT2D eigenvalue weighted by molar-refractivity contribution is 7.98. The smallest absolute Gasteiger partial charge is 0.263 e. The van der Waals surface area contributed by atoms with Crippen LogP contribution in [0.4, 0.5) is 11.4 Å². The van der Waals surface area contributed by atoms with Crippen LogP contribution in [0.5, 0.6) is 5.75 Å². The topological polar surface area (TPSA) is 104 Å². The normalized spacial score (nSPS) is 19.7. The van der Waals surface area contributed by atoms with Gasteiger partial charge >= 0.3 is 0 Å². The van der Waals surface area contributed by atoms with Gasteiger partial charge in [-0.1, -0.05) is 22.9 Å². The van der Waals surface area contributed by atoms with Crippen LogP contribution in [0.25, 0.3) is 0 Å². The summed E-state index contributed by atoms with van der Waals surface area (Å²) in [6.07, 6.45) is 1.94.